The number of rotatable bonds is 5. The fourth-order valence-electron chi connectivity index (χ4n) is 2.38. The summed E-state index contributed by atoms with van der Waals surface area (Å²) in [5.41, 5.74) is 0.690. The van der Waals surface area contributed by atoms with Crippen LogP contribution in [0.25, 0.3) is 0 Å². The average Bonchev–Trinajstić information content (AvgIpc) is 2.88. The van der Waals surface area contributed by atoms with E-state index in [2.05, 4.69) is 5.32 Å². The van der Waals surface area contributed by atoms with Gasteiger partial charge >= 0.3 is 5.97 Å². The predicted molar refractivity (Wildman–Crippen MR) is 76.9 cm³/mol. The van der Waals surface area contributed by atoms with Crippen molar-refractivity contribution >= 4 is 29.2 Å². The van der Waals surface area contributed by atoms with E-state index in [1.54, 1.807) is 24.3 Å². The van der Waals surface area contributed by atoms with E-state index in [1.807, 2.05) is 4.90 Å². The molecule has 20 heavy (non-hydrogen) atoms. The van der Waals surface area contributed by atoms with Crippen molar-refractivity contribution < 1.29 is 14.7 Å². The lowest BCUT2D eigenvalue weighted by atomic mass is 10.2. The van der Waals surface area contributed by atoms with Crippen molar-refractivity contribution in [2.24, 2.45) is 0 Å². The Balaban J connectivity index is 1.80. The number of carbonyl (C=O) groups excluding carboxylic acids is 1. The molecule has 0 aromatic heterocycles. The van der Waals surface area contributed by atoms with E-state index in [-0.39, 0.29) is 12.3 Å². The Morgan fingerprint density at radius 2 is 2.05 bits per heavy atom. The number of carboxylic acid groups (broad SMARTS) is 1. The first-order valence-electron chi connectivity index (χ1n) is 6.58. The molecule has 108 valence electrons. The van der Waals surface area contributed by atoms with Crippen LogP contribution < -0.4 is 5.32 Å². The number of likely N-dealkylation sites (tertiary alicyclic amines) is 1. The van der Waals surface area contributed by atoms with E-state index in [9.17, 15) is 9.59 Å². The van der Waals surface area contributed by atoms with E-state index in [0.717, 1.165) is 13.0 Å². The number of aliphatic carboxylic acids is 1. The maximum Gasteiger partial charge on any atom is 0.320 e. The normalized spacial score (nSPS) is 18.9. The molecule has 1 aromatic carbocycles. The van der Waals surface area contributed by atoms with E-state index in [0.29, 0.717) is 23.7 Å². The Bertz CT molecular complexity index is 490. The van der Waals surface area contributed by atoms with Gasteiger partial charge in [0.05, 0.1) is 0 Å². The molecule has 1 amide bonds. The molecule has 1 aliphatic heterocycles. The highest BCUT2D eigenvalue weighted by atomic mass is 35.5. The maximum absolute atomic E-state index is 11.8. The van der Waals surface area contributed by atoms with Crippen LogP contribution in [0.3, 0.4) is 0 Å². The molecule has 0 spiro atoms. The molecule has 1 heterocycles. The quantitative estimate of drug-likeness (QED) is 0.874. The van der Waals surface area contributed by atoms with Crippen molar-refractivity contribution in [2.75, 3.05) is 18.4 Å². The first kappa shape index (κ1) is 14.8. The fourth-order valence-corrected chi connectivity index (χ4v) is 2.50. The molecule has 1 aromatic rings. The number of amides is 1. The topological polar surface area (TPSA) is 69.6 Å². The molecular weight excluding hydrogens is 280 g/mol. The molecule has 0 bridgehead atoms. The summed E-state index contributed by atoms with van der Waals surface area (Å²) in [7, 11) is 0. The van der Waals surface area contributed by atoms with Gasteiger partial charge in [-0.2, -0.15) is 0 Å². The van der Waals surface area contributed by atoms with Crippen LogP contribution in [-0.4, -0.2) is 41.0 Å². The number of halogens is 1. The SMILES string of the molecule is O=C(CCN1CCC[C@@H]1C(=O)O)Nc1ccc(Cl)cc1. The zero-order chi connectivity index (χ0) is 14.5. The van der Waals surface area contributed by atoms with Crippen LogP contribution in [0.2, 0.25) is 5.02 Å². The number of nitrogens with one attached hydrogen (secondary N) is 1. The zero-order valence-electron chi connectivity index (χ0n) is 11.0. The Labute approximate surface area is 122 Å². The summed E-state index contributed by atoms with van der Waals surface area (Å²) in [6.07, 6.45) is 1.82. The Morgan fingerprint density at radius 3 is 2.70 bits per heavy atom. The van der Waals surface area contributed by atoms with Gasteiger partial charge in [-0.1, -0.05) is 11.6 Å². The number of nitrogens with zero attached hydrogens (tertiary/aromatic N) is 1. The summed E-state index contributed by atoms with van der Waals surface area (Å²) >= 11 is 5.77. The smallest absolute Gasteiger partial charge is 0.320 e. The number of anilines is 1. The molecule has 1 aliphatic rings. The molecular formula is C14H17ClN2O3. The lowest BCUT2D eigenvalue weighted by molar-refractivity contribution is -0.142. The average molecular weight is 297 g/mol. The second kappa shape index (κ2) is 6.72. The van der Waals surface area contributed by atoms with Crippen LogP contribution in [0.15, 0.2) is 24.3 Å². The fraction of sp³-hybridized carbons (Fsp3) is 0.429. The second-order valence-electron chi connectivity index (χ2n) is 4.84. The van der Waals surface area contributed by atoms with Gasteiger partial charge in [-0.15, -0.1) is 0 Å². The zero-order valence-corrected chi connectivity index (χ0v) is 11.8. The van der Waals surface area contributed by atoms with Gasteiger partial charge in [-0.05, 0) is 43.7 Å². The van der Waals surface area contributed by atoms with Crippen molar-refractivity contribution in [2.45, 2.75) is 25.3 Å². The minimum atomic E-state index is -0.805. The standard InChI is InChI=1S/C14H17ClN2O3/c15-10-3-5-11(6-4-10)16-13(18)7-9-17-8-1-2-12(17)14(19)20/h3-6,12H,1-2,7-9H2,(H,16,18)(H,19,20)/t12-/m1/s1. The summed E-state index contributed by atoms with van der Waals surface area (Å²) < 4.78 is 0. The molecule has 2 N–H and O–H groups in total. The van der Waals surface area contributed by atoms with Gasteiger partial charge in [-0.25, -0.2) is 0 Å². The molecule has 1 saturated heterocycles. The number of hydrogen-bond donors (Lipinski definition) is 2. The third-order valence-corrected chi connectivity index (χ3v) is 3.65. The predicted octanol–water partition coefficient (Wildman–Crippen LogP) is 2.22. The van der Waals surface area contributed by atoms with Gasteiger partial charge in [0.2, 0.25) is 5.91 Å². The lowest BCUT2D eigenvalue weighted by Gasteiger charge is -2.20. The Morgan fingerprint density at radius 1 is 1.35 bits per heavy atom. The van der Waals surface area contributed by atoms with E-state index >= 15 is 0 Å². The van der Waals surface area contributed by atoms with Crippen LogP contribution in [0.1, 0.15) is 19.3 Å². The highest BCUT2D eigenvalue weighted by Gasteiger charge is 2.30. The molecule has 5 nitrogen and oxygen atoms in total. The summed E-state index contributed by atoms with van der Waals surface area (Å²) in [6.45, 7) is 1.21. The molecule has 2 rings (SSSR count). The summed E-state index contributed by atoms with van der Waals surface area (Å²) in [5, 5.41) is 12.4. The first-order chi connectivity index (χ1) is 9.56. The maximum atomic E-state index is 11.8. The molecule has 1 atom stereocenters. The van der Waals surface area contributed by atoms with Gasteiger partial charge in [0, 0.05) is 23.7 Å². The molecule has 0 aliphatic carbocycles. The Hall–Kier alpha value is -1.59. The first-order valence-corrected chi connectivity index (χ1v) is 6.96. The third kappa shape index (κ3) is 3.95. The number of benzene rings is 1. The van der Waals surface area contributed by atoms with Gasteiger partial charge in [0.1, 0.15) is 6.04 Å². The van der Waals surface area contributed by atoms with Crippen molar-refractivity contribution in [3.05, 3.63) is 29.3 Å². The van der Waals surface area contributed by atoms with Gasteiger partial charge in [-0.3, -0.25) is 14.5 Å². The largest absolute Gasteiger partial charge is 0.480 e. The molecule has 0 radical (unpaired) electrons. The molecule has 1 fully saturated rings. The van der Waals surface area contributed by atoms with Gasteiger partial charge in [0.25, 0.3) is 0 Å². The summed E-state index contributed by atoms with van der Waals surface area (Å²) in [5.74, 6) is -0.927. The number of carbonyl (C=O) groups is 2. The minimum Gasteiger partial charge on any atom is -0.480 e. The summed E-state index contributed by atoms with van der Waals surface area (Å²) in [4.78, 5) is 24.7. The summed E-state index contributed by atoms with van der Waals surface area (Å²) in [6, 6.07) is 6.43. The van der Waals surface area contributed by atoms with Crippen molar-refractivity contribution in [3.8, 4) is 0 Å². The number of hydrogen-bond acceptors (Lipinski definition) is 3. The highest BCUT2D eigenvalue weighted by molar-refractivity contribution is 6.30. The molecule has 0 unspecified atom stereocenters. The van der Waals surface area contributed by atoms with Gasteiger partial charge in [0.15, 0.2) is 0 Å². The monoisotopic (exact) mass is 296 g/mol. The minimum absolute atomic E-state index is 0.122. The lowest BCUT2D eigenvalue weighted by Crippen LogP contribution is -2.37. The van der Waals surface area contributed by atoms with Crippen LogP contribution >= 0.6 is 11.6 Å². The Kier molecular flexibility index (Phi) is 4.98. The number of carboxylic acids is 1. The van der Waals surface area contributed by atoms with Crippen molar-refractivity contribution in [1.82, 2.24) is 4.90 Å². The van der Waals surface area contributed by atoms with E-state index < -0.39 is 12.0 Å². The van der Waals surface area contributed by atoms with Gasteiger partial charge < -0.3 is 10.4 Å². The second-order valence-corrected chi connectivity index (χ2v) is 5.27. The van der Waals surface area contributed by atoms with Crippen LogP contribution in [0.4, 0.5) is 5.69 Å². The van der Waals surface area contributed by atoms with Crippen molar-refractivity contribution in [3.63, 3.8) is 0 Å². The third-order valence-electron chi connectivity index (χ3n) is 3.40. The van der Waals surface area contributed by atoms with Crippen molar-refractivity contribution in [1.29, 1.82) is 0 Å². The van der Waals surface area contributed by atoms with Crippen LogP contribution in [0, 0.1) is 0 Å². The molecule has 0 saturated carbocycles. The highest BCUT2D eigenvalue weighted by Crippen LogP contribution is 2.18. The van der Waals surface area contributed by atoms with Crippen LogP contribution in [0.5, 0.6) is 0 Å². The van der Waals surface area contributed by atoms with Crippen LogP contribution in [-0.2, 0) is 9.59 Å². The van der Waals surface area contributed by atoms with E-state index in [1.165, 1.54) is 0 Å². The van der Waals surface area contributed by atoms with E-state index in [4.69, 9.17) is 16.7 Å². The molecule has 6 heteroatoms.